The van der Waals surface area contributed by atoms with E-state index in [9.17, 15) is 9.18 Å². The normalized spacial score (nSPS) is 14.6. The first-order valence-corrected chi connectivity index (χ1v) is 9.45. The molecular weight excluding hydrogens is 482 g/mol. The first-order valence-electron chi connectivity index (χ1n) is 9.45. The second-order valence-electron chi connectivity index (χ2n) is 7.47. The molecule has 5 nitrogen and oxygen atoms in total. The lowest BCUT2D eigenvalue weighted by molar-refractivity contribution is 0.0827. The van der Waals surface area contributed by atoms with Crippen molar-refractivity contribution in [1.82, 2.24) is 15.5 Å². The van der Waals surface area contributed by atoms with E-state index in [1.807, 2.05) is 30.3 Å². The van der Waals surface area contributed by atoms with E-state index in [1.54, 1.807) is 38.2 Å². The second-order valence-corrected chi connectivity index (χ2v) is 7.47. The van der Waals surface area contributed by atoms with Crippen LogP contribution in [-0.4, -0.2) is 44.5 Å². The number of halogens is 2. The number of benzene rings is 2. The van der Waals surface area contributed by atoms with Crippen molar-refractivity contribution < 1.29 is 9.18 Å². The number of carbonyl (C=O) groups is 1. The van der Waals surface area contributed by atoms with Crippen molar-refractivity contribution in [3.63, 3.8) is 0 Å². The molecule has 1 fully saturated rings. The summed E-state index contributed by atoms with van der Waals surface area (Å²) in [5.41, 5.74) is 2.76. The zero-order chi connectivity index (χ0) is 20.1. The van der Waals surface area contributed by atoms with Gasteiger partial charge in [0.05, 0.1) is 0 Å². The van der Waals surface area contributed by atoms with Crippen LogP contribution < -0.4 is 10.6 Å². The van der Waals surface area contributed by atoms with Gasteiger partial charge < -0.3 is 15.5 Å². The Hall–Kier alpha value is -2.16. The van der Waals surface area contributed by atoms with Crippen molar-refractivity contribution in [3.8, 4) is 0 Å². The Kier molecular flexibility index (Phi) is 8.01. The Morgan fingerprint density at radius 3 is 2.38 bits per heavy atom. The molecule has 0 unspecified atom stereocenters. The SMILES string of the molecule is CN=C(NCc1ccc(C(=O)N(C)C)cc1)NCC1(c2cccc(F)c2)CC1.I. The molecule has 0 radical (unpaired) electrons. The van der Waals surface area contributed by atoms with Crippen LogP contribution in [0.4, 0.5) is 4.39 Å². The van der Waals surface area contributed by atoms with Gasteiger partial charge in [0.1, 0.15) is 5.82 Å². The average Bonchev–Trinajstić information content (AvgIpc) is 3.49. The molecule has 1 saturated carbocycles. The number of guanidine groups is 1. The second kappa shape index (κ2) is 10.0. The summed E-state index contributed by atoms with van der Waals surface area (Å²) in [7, 11) is 5.21. The number of carbonyl (C=O) groups excluding carboxylic acids is 1. The third-order valence-corrected chi connectivity index (χ3v) is 5.18. The van der Waals surface area contributed by atoms with E-state index < -0.39 is 0 Å². The van der Waals surface area contributed by atoms with Crippen LogP contribution in [0.25, 0.3) is 0 Å². The van der Waals surface area contributed by atoms with Gasteiger partial charge in [0.15, 0.2) is 5.96 Å². The van der Waals surface area contributed by atoms with Gasteiger partial charge in [-0.15, -0.1) is 24.0 Å². The third kappa shape index (κ3) is 5.91. The van der Waals surface area contributed by atoms with E-state index in [2.05, 4.69) is 15.6 Å². The Bertz CT molecular complexity index is 863. The summed E-state index contributed by atoms with van der Waals surface area (Å²) in [6, 6.07) is 14.4. The molecule has 0 aromatic heterocycles. The summed E-state index contributed by atoms with van der Waals surface area (Å²) in [6.07, 6.45) is 2.09. The topological polar surface area (TPSA) is 56.7 Å². The molecule has 3 rings (SSSR count). The smallest absolute Gasteiger partial charge is 0.253 e. The van der Waals surface area contributed by atoms with Crippen LogP contribution in [0.15, 0.2) is 53.5 Å². The molecular formula is C22H28FIN4O. The first-order chi connectivity index (χ1) is 13.4. The van der Waals surface area contributed by atoms with Crippen LogP contribution in [0.1, 0.15) is 34.3 Å². The molecule has 2 aromatic rings. The number of hydrogen-bond donors (Lipinski definition) is 2. The molecule has 0 aliphatic heterocycles. The lowest BCUT2D eigenvalue weighted by Crippen LogP contribution is -2.40. The van der Waals surface area contributed by atoms with E-state index in [1.165, 1.54) is 6.07 Å². The lowest BCUT2D eigenvalue weighted by Gasteiger charge is -2.19. The fourth-order valence-corrected chi connectivity index (χ4v) is 3.22. The zero-order valence-corrected chi connectivity index (χ0v) is 19.4. The molecule has 0 saturated heterocycles. The average molecular weight is 510 g/mol. The predicted octanol–water partition coefficient (Wildman–Crippen LogP) is 3.54. The van der Waals surface area contributed by atoms with Crippen molar-refractivity contribution in [1.29, 1.82) is 0 Å². The van der Waals surface area contributed by atoms with Crippen molar-refractivity contribution in [2.24, 2.45) is 4.99 Å². The molecule has 2 aromatic carbocycles. The maximum atomic E-state index is 13.5. The summed E-state index contributed by atoms with van der Waals surface area (Å²) in [4.78, 5) is 17.8. The number of nitrogens with zero attached hydrogens (tertiary/aromatic N) is 2. The molecule has 0 spiro atoms. The Labute approximate surface area is 188 Å². The van der Waals surface area contributed by atoms with Crippen LogP contribution in [-0.2, 0) is 12.0 Å². The molecule has 1 aliphatic rings. The van der Waals surface area contributed by atoms with Gasteiger partial charge in [0, 0.05) is 45.2 Å². The Morgan fingerprint density at radius 1 is 1.14 bits per heavy atom. The first kappa shape index (κ1) is 23.1. The molecule has 0 bridgehead atoms. The van der Waals surface area contributed by atoms with Gasteiger partial charge in [-0.25, -0.2) is 4.39 Å². The highest BCUT2D eigenvalue weighted by atomic mass is 127. The van der Waals surface area contributed by atoms with Crippen LogP contribution >= 0.6 is 24.0 Å². The van der Waals surface area contributed by atoms with E-state index in [-0.39, 0.29) is 41.1 Å². The van der Waals surface area contributed by atoms with Crippen molar-refractivity contribution in [2.45, 2.75) is 24.8 Å². The summed E-state index contributed by atoms with van der Waals surface area (Å²) in [6.45, 7) is 1.31. The van der Waals surface area contributed by atoms with Gasteiger partial charge in [-0.05, 0) is 48.2 Å². The van der Waals surface area contributed by atoms with E-state index in [4.69, 9.17) is 0 Å². The highest BCUT2D eigenvalue weighted by Gasteiger charge is 2.44. The summed E-state index contributed by atoms with van der Waals surface area (Å²) < 4.78 is 13.5. The highest BCUT2D eigenvalue weighted by molar-refractivity contribution is 14.0. The van der Waals surface area contributed by atoms with Gasteiger partial charge in [0.25, 0.3) is 5.91 Å². The molecule has 29 heavy (non-hydrogen) atoms. The molecule has 1 amide bonds. The summed E-state index contributed by atoms with van der Waals surface area (Å²) in [5.74, 6) is 0.502. The minimum absolute atomic E-state index is 0. The fourth-order valence-electron chi connectivity index (χ4n) is 3.22. The van der Waals surface area contributed by atoms with Gasteiger partial charge in [-0.3, -0.25) is 9.79 Å². The standard InChI is InChI=1S/C22H27FN4O.HI/c1-24-21(25-14-16-7-9-17(10-8-16)20(28)27(2)3)26-15-22(11-12-22)18-5-4-6-19(23)13-18;/h4-10,13H,11-12,14-15H2,1-3H3,(H2,24,25,26);1H. The van der Waals surface area contributed by atoms with E-state index >= 15 is 0 Å². The number of rotatable bonds is 6. The molecule has 1 aliphatic carbocycles. The van der Waals surface area contributed by atoms with Crippen LogP contribution in [0.5, 0.6) is 0 Å². The van der Waals surface area contributed by atoms with Gasteiger partial charge in [-0.2, -0.15) is 0 Å². The minimum Gasteiger partial charge on any atom is -0.356 e. The van der Waals surface area contributed by atoms with Crippen LogP contribution in [0.3, 0.4) is 0 Å². The molecule has 0 heterocycles. The van der Waals surface area contributed by atoms with E-state index in [0.29, 0.717) is 24.6 Å². The monoisotopic (exact) mass is 510 g/mol. The largest absolute Gasteiger partial charge is 0.356 e. The van der Waals surface area contributed by atoms with Crippen molar-refractivity contribution in [3.05, 3.63) is 71.0 Å². The molecule has 156 valence electrons. The van der Waals surface area contributed by atoms with Crippen LogP contribution in [0, 0.1) is 5.82 Å². The third-order valence-electron chi connectivity index (χ3n) is 5.18. The number of amides is 1. The van der Waals surface area contributed by atoms with Gasteiger partial charge in [0.2, 0.25) is 0 Å². The quantitative estimate of drug-likeness (QED) is 0.355. The van der Waals surface area contributed by atoms with Gasteiger partial charge >= 0.3 is 0 Å². The Morgan fingerprint density at radius 2 is 1.83 bits per heavy atom. The van der Waals surface area contributed by atoms with E-state index in [0.717, 1.165) is 24.0 Å². The minimum atomic E-state index is -0.192. The number of hydrogen-bond acceptors (Lipinski definition) is 2. The maximum Gasteiger partial charge on any atom is 0.253 e. The fraction of sp³-hybridized carbons (Fsp3) is 0.364. The van der Waals surface area contributed by atoms with Crippen molar-refractivity contribution >= 4 is 35.8 Å². The molecule has 2 N–H and O–H groups in total. The van der Waals surface area contributed by atoms with Crippen molar-refractivity contribution in [2.75, 3.05) is 27.7 Å². The highest BCUT2D eigenvalue weighted by Crippen LogP contribution is 2.47. The molecule has 7 heteroatoms. The maximum absolute atomic E-state index is 13.5. The zero-order valence-electron chi connectivity index (χ0n) is 17.0. The predicted molar refractivity (Wildman–Crippen MR) is 125 cm³/mol. The van der Waals surface area contributed by atoms with Gasteiger partial charge in [-0.1, -0.05) is 24.3 Å². The summed E-state index contributed by atoms with van der Waals surface area (Å²) >= 11 is 0. The van der Waals surface area contributed by atoms with Crippen LogP contribution in [0.2, 0.25) is 0 Å². The Balaban J connectivity index is 0.00000300. The number of aliphatic imine (C=N–C) groups is 1. The lowest BCUT2D eigenvalue weighted by atomic mass is 9.96. The number of nitrogens with one attached hydrogen (secondary N) is 2. The summed E-state index contributed by atoms with van der Waals surface area (Å²) in [5, 5.41) is 6.65. The molecule has 0 atom stereocenters.